The molecule has 3 amide bonds. The average molecular weight is 374 g/mol. The third kappa shape index (κ3) is 5.49. The predicted molar refractivity (Wildman–Crippen MR) is 93.1 cm³/mol. The molecule has 1 heterocycles. The first-order valence-corrected chi connectivity index (χ1v) is 7.82. The number of hydroxylamine groups is 1. The molecule has 0 bridgehead atoms. The van der Waals surface area contributed by atoms with E-state index in [1.807, 2.05) is 0 Å². The Labute approximate surface area is 153 Å². The standard InChI is InChI=1S/C17H18N4O6/c1-10(22)14(17(25)21-26)19-15(23)11-4-6-12(7-5-11)16(24)20-18-9-13-3-2-8-27-13/h2-10,14,22,26H,1H3,(H,19,23)(H,20,24)(H,21,25)/b18-9+/t10-,14?/m1/s1. The SMILES string of the molecule is C[C@@H](O)C(NC(=O)c1ccc(C(=O)N/N=C/c2ccco2)cc1)C(=O)NO. The van der Waals surface area contributed by atoms with E-state index < -0.39 is 29.9 Å². The zero-order valence-corrected chi connectivity index (χ0v) is 14.2. The van der Waals surface area contributed by atoms with Gasteiger partial charge in [-0.05, 0) is 43.3 Å². The Kier molecular flexibility index (Phi) is 6.80. The quantitative estimate of drug-likeness (QED) is 0.262. The summed E-state index contributed by atoms with van der Waals surface area (Å²) in [4.78, 5) is 35.6. The minimum atomic E-state index is -1.33. The van der Waals surface area contributed by atoms with Gasteiger partial charge in [0.1, 0.15) is 11.8 Å². The lowest BCUT2D eigenvalue weighted by Gasteiger charge is -2.19. The summed E-state index contributed by atoms with van der Waals surface area (Å²) in [5.74, 6) is -1.63. The molecule has 142 valence electrons. The molecule has 0 saturated heterocycles. The maximum Gasteiger partial charge on any atom is 0.271 e. The van der Waals surface area contributed by atoms with Crippen LogP contribution in [-0.4, -0.2) is 46.4 Å². The van der Waals surface area contributed by atoms with Crippen LogP contribution in [-0.2, 0) is 4.79 Å². The van der Waals surface area contributed by atoms with Crippen molar-refractivity contribution in [1.82, 2.24) is 16.2 Å². The summed E-state index contributed by atoms with van der Waals surface area (Å²) in [6.07, 6.45) is 1.58. The largest absolute Gasteiger partial charge is 0.463 e. The minimum Gasteiger partial charge on any atom is -0.463 e. The van der Waals surface area contributed by atoms with Crippen molar-refractivity contribution in [1.29, 1.82) is 0 Å². The highest BCUT2D eigenvalue weighted by Gasteiger charge is 2.25. The normalized spacial score (nSPS) is 13.0. The Morgan fingerprint density at radius 1 is 1.11 bits per heavy atom. The van der Waals surface area contributed by atoms with E-state index >= 15 is 0 Å². The maximum absolute atomic E-state index is 12.1. The fraction of sp³-hybridized carbons (Fsp3) is 0.176. The van der Waals surface area contributed by atoms with Gasteiger partial charge in [-0.2, -0.15) is 5.10 Å². The van der Waals surface area contributed by atoms with E-state index in [4.69, 9.17) is 9.62 Å². The zero-order chi connectivity index (χ0) is 19.8. The third-order valence-electron chi connectivity index (χ3n) is 3.47. The summed E-state index contributed by atoms with van der Waals surface area (Å²) >= 11 is 0. The van der Waals surface area contributed by atoms with E-state index in [1.165, 1.54) is 49.1 Å². The van der Waals surface area contributed by atoms with Gasteiger partial charge in [-0.15, -0.1) is 0 Å². The summed E-state index contributed by atoms with van der Waals surface area (Å²) in [5, 5.41) is 24.2. The molecule has 0 saturated carbocycles. The van der Waals surface area contributed by atoms with Crippen molar-refractivity contribution in [3.05, 3.63) is 59.5 Å². The molecule has 5 N–H and O–H groups in total. The Hall–Kier alpha value is -3.50. The Morgan fingerprint density at radius 2 is 1.74 bits per heavy atom. The first-order chi connectivity index (χ1) is 12.9. The number of carbonyl (C=O) groups is 3. The van der Waals surface area contributed by atoms with Crippen LogP contribution in [0.3, 0.4) is 0 Å². The van der Waals surface area contributed by atoms with Crippen molar-refractivity contribution in [3.8, 4) is 0 Å². The maximum atomic E-state index is 12.1. The smallest absolute Gasteiger partial charge is 0.271 e. The number of carbonyl (C=O) groups excluding carboxylic acids is 3. The third-order valence-corrected chi connectivity index (χ3v) is 3.47. The number of benzene rings is 1. The van der Waals surface area contributed by atoms with Gasteiger partial charge in [0.25, 0.3) is 17.7 Å². The van der Waals surface area contributed by atoms with E-state index in [9.17, 15) is 19.5 Å². The number of nitrogens with zero attached hydrogens (tertiary/aromatic N) is 1. The monoisotopic (exact) mass is 374 g/mol. The molecule has 0 aliphatic carbocycles. The van der Waals surface area contributed by atoms with Gasteiger partial charge in [0.05, 0.1) is 18.6 Å². The van der Waals surface area contributed by atoms with Crippen molar-refractivity contribution >= 4 is 23.9 Å². The van der Waals surface area contributed by atoms with Gasteiger partial charge in [-0.3, -0.25) is 19.6 Å². The van der Waals surface area contributed by atoms with E-state index in [1.54, 1.807) is 12.1 Å². The van der Waals surface area contributed by atoms with E-state index in [2.05, 4.69) is 15.8 Å². The second-order valence-corrected chi connectivity index (χ2v) is 5.46. The Balaban J connectivity index is 1.98. The van der Waals surface area contributed by atoms with Crippen molar-refractivity contribution in [2.24, 2.45) is 5.10 Å². The van der Waals surface area contributed by atoms with Crippen LogP contribution in [0.2, 0.25) is 0 Å². The summed E-state index contributed by atoms with van der Waals surface area (Å²) in [6.45, 7) is 1.29. The van der Waals surface area contributed by atoms with Gasteiger partial charge in [-0.25, -0.2) is 10.9 Å². The molecule has 2 rings (SSSR count). The molecule has 1 aromatic heterocycles. The zero-order valence-electron chi connectivity index (χ0n) is 14.2. The van der Waals surface area contributed by atoms with Gasteiger partial charge in [0.15, 0.2) is 0 Å². The molecule has 0 aliphatic rings. The lowest BCUT2D eigenvalue weighted by Crippen LogP contribution is -2.51. The summed E-state index contributed by atoms with van der Waals surface area (Å²) in [6, 6.07) is 7.56. The van der Waals surface area contributed by atoms with Crippen LogP contribution in [0.1, 0.15) is 33.4 Å². The van der Waals surface area contributed by atoms with Crippen molar-refractivity contribution in [3.63, 3.8) is 0 Å². The summed E-state index contributed by atoms with van der Waals surface area (Å²) in [7, 11) is 0. The summed E-state index contributed by atoms with van der Waals surface area (Å²) in [5.41, 5.74) is 4.09. The molecule has 0 aliphatic heterocycles. The van der Waals surface area contributed by atoms with E-state index in [0.29, 0.717) is 5.76 Å². The van der Waals surface area contributed by atoms with Crippen LogP contribution in [0, 0.1) is 0 Å². The second-order valence-electron chi connectivity index (χ2n) is 5.46. The Morgan fingerprint density at radius 3 is 2.26 bits per heavy atom. The fourth-order valence-electron chi connectivity index (χ4n) is 2.06. The van der Waals surface area contributed by atoms with Gasteiger partial charge < -0.3 is 14.8 Å². The molecule has 1 aromatic carbocycles. The highest BCUT2D eigenvalue weighted by atomic mass is 16.5. The summed E-state index contributed by atoms with van der Waals surface area (Å²) < 4.78 is 5.03. The lowest BCUT2D eigenvalue weighted by molar-refractivity contribution is -0.133. The number of aliphatic hydroxyl groups excluding tert-OH is 1. The van der Waals surface area contributed by atoms with Crippen LogP contribution in [0.4, 0.5) is 0 Å². The van der Waals surface area contributed by atoms with Gasteiger partial charge in [0, 0.05) is 11.1 Å². The van der Waals surface area contributed by atoms with Crippen molar-refractivity contribution < 1.29 is 29.1 Å². The Bertz CT molecular complexity index is 814. The molecule has 0 fully saturated rings. The fourth-order valence-corrected chi connectivity index (χ4v) is 2.06. The van der Waals surface area contributed by atoms with Crippen LogP contribution in [0.25, 0.3) is 0 Å². The van der Waals surface area contributed by atoms with E-state index in [0.717, 1.165) is 0 Å². The topological polar surface area (TPSA) is 153 Å². The number of aliphatic hydroxyl groups is 1. The van der Waals surface area contributed by atoms with Gasteiger partial charge >= 0.3 is 0 Å². The molecule has 1 unspecified atom stereocenters. The molecule has 0 spiro atoms. The second kappa shape index (κ2) is 9.27. The van der Waals surface area contributed by atoms with Crippen LogP contribution in [0.15, 0.2) is 52.2 Å². The number of rotatable bonds is 7. The minimum absolute atomic E-state index is 0.155. The first kappa shape index (κ1) is 19.8. The van der Waals surface area contributed by atoms with Crippen molar-refractivity contribution in [2.75, 3.05) is 0 Å². The molecular weight excluding hydrogens is 356 g/mol. The molecule has 2 atom stereocenters. The molecule has 27 heavy (non-hydrogen) atoms. The van der Waals surface area contributed by atoms with Crippen LogP contribution in [0.5, 0.6) is 0 Å². The number of hydrazone groups is 1. The molecular formula is C17H18N4O6. The van der Waals surface area contributed by atoms with Crippen LogP contribution >= 0.6 is 0 Å². The average Bonchev–Trinajstić information content (AvgIpc) is 3.18. The molecule has 0 radical (unpaired) electrons. The molecule has 10 nitrogen and oxygen atoms in total. The number of hydrogen-bond acceptors (Lipinski definition) is 7. The van der Waals surface area contributed by atoms with Gasteiger partial charge in [-0.1, -0.05) is 0 Å². The predicted octanol–water partition coefficient (Wildman–Crippen LogP) is 0.0281. The van der Waals surface area contributed by atoms with Crippen LogP contribution < -0.4 is 16.2 Å². The number of nitrogens with one attached hydrogen (secondary N) is 3. The number of amides is 3. The lowest BCUT2D eigenvalue weighted by atomic mass is 10.1. The van der Waals surface area contributed by atoms with Crippen molar-refractivity contribution in [2.45, 2.75) is 19.1 Å². The van der Waals surface area contributed by atoms with Gasteiger partial charge in [0.2, 0.25) is 0 Å². The molecule has 10 heteroatoms. The highest BCUT2D eigenvalue weighted by molar-refractivity contribution is 5.99. The number of hydrogen-bond donors (Lipinski definition) is 5. The van der Waals surface area contributed by atoms with E-state index in [-0.39, 0.29) is 11.1 Å². The molecule has 2 aromatic rings. The highest BCUT2D eigenvalue weighted by Crippen LogP contribution is 2.06. The number of furan rings is 1. The first-order valence-electron chi connectivity index (χ1n) is 7.82.